The number of hydrogen-bond acceptors (Lipinski definition) is 5. The fourth-order valence-corrected chi connectivity index (χ4v) is 1.95. The van der Waals surface area contributed by atoms with Gasteiger partial charge in [0, 0.05) is 35.4 Å². The summed E-state index contributed by atoms with van der Waals surface area (Å²) in [5, 5.41) is 14.1. The lowest BCUT2D eigenvalue weighted by atomic mass is 10.2. The fraction of sp³-hybridized carbons (Fsp3) is 0.167. The second-order valence-electron chi connectivity index (χ2n) is 3.83. The minimum absolute atomic E-state index is 0.101. The molecule has 0 radical (unpaired) electrons. The summed E-state index contributed by atoms with van der Waals surface area (Å²) in [7, 11) is 0. The predicted octanol–water partition coefficient (Wildman–Crippen LogP) is 2.44. The van der Waals surface area contributed by atoms with Gasteiger partial charge in [-0.05, 0) is 18.2 Å². The van der Waals surface area contributed by atoms with Crippen molar-refractivity contribution in [1.29, 1.82) is 0 Å². The molecule has 0 bridgehead atoms. The van der Waals surface area contributed by atoms with Crippen molar-refractivity contribution < 1.29 is 4.92 Å². The van der Waals surface area contributed by atoms with Gasteiger partial charge in [0.1, 0.15) is 6.33 Å². The van der Waals surface area contributed by atoms with E-state index >= 15 is 0 Å². The normalized spacial score (nSPS) is 10.4. The van der Waals surface area contributed by atoms with Gasteiger partial charge >= 0.3 is 0 Å². The molecule has 0 amide bonds. The SMILES string of the molecule is O=[N+]([O-])c1cc(Br)ccc1CNCc1ccncn1. The highest BCUT2D eigenvalue weighted by Crippen LogP contribution is 2.23. The fourth-order valence-electron chi connectivity index (χ4n) is 1.60. The molecule has 19 heavy (non-hydrogen) atoms. The summed E-state index contributed by atoms with van der Waals surface area (Å²) in [5.41, 5.74) is 1.58. The van der Waals surface area contributed by atoms with Crippen molar-refractivity contribution in [2.45, 2.75) is 13.1 Å². The molecule has 0 aliphatic rings. The van der Waals surface area contributed by atoms with Crippen LogP contribution in [0.5, 0.6) is 0 Å². The molecule has 1 N–H and O–H groups in total. The molecule has 98 valence electrons. The van der Waals surface area contributed by atoms with Crippen molar-refractivity contribution in [2.24, 2.45) is 0 Å². The van der Waals surface area contributed by atoms with E-state index in [0.29, 0.717) is 23.1 Å². The molecule has 0 spiro atoms. The Labute approximate surface area is 118 Å². The third kappa shape index (κ3) is 3.80. The van der Waals surface area contributed by atoms with Crippen molar-refractivity contribution in [3.63, 3.8) is 0 Å². The van der Waals surface area contributed by atoms with Gasteiger partial charge in [0.05, 0.1) is 10.6 Å². The summed E-state index contributed by atoms with van der Waals surface area (Å²) in [6, 6.07) is 6.81. The first-order chi connectivity index (χ1) is 9.16. The quantitative estimate of drug-likeness (QED) is 0.675. The average molecular weight is 323 g/mol. The van der Waals surface area contributed by atoms with E-state index in [2.05, 4.69) is 31.2 Å². The minimum atomic E-state index is -0.382. The molecule has 0 aliphatic heterocycles. The Morgan fingerprint density at radius 1 is 1.32 bits per heavy atom. The third-order valence-corrected chi connectivity index (χ3v) is 3.00. The molecule has 0 unspecified atom stereocenters. The van der Waals surface area contributed by atoms with E-state index in [1.54, 1.807) is 24.4 Å². The lowest BCUT2D eigenvalue weighted by Gasteiger charge is -2.05. The number of nitrogens with zero attached hydrogens (tertiary/aromatic N) is 3. The zero-order chi connectivity index (χ0) is 13.7. The van der Waals surface area contributed by atoms with Gasteiger partial charge in [-0.1, -0.05) is 15.9 Å². The molecule has 1 heterocycles. The third-order valence-electron chi connectivity index (χ3n) is 2.51. The molecule has 1 aromatic carbocycles. The Hall–Kier alpha value is -1.86. The topological polar surface area (TPSA) is 81.0 Å². The van der Waals surface area contributed by atoms with Gasteiger partial charge in [-0.3, -0.25) is 10.1 Å². The van der Waals surface area contributed by atoms with E-state index in [0.717, 1.165) is 5.69 Å². The van der Waals surface area contributed by atoms with Crippen molar-refractivity contribution in [3.8, 4) is 0 Å². The standard InChI is InChI=1S/C12H11BrN4O2/c13-10-2-1-9(12(5-10)17(18)19)6-15-7-11-3-4-14-8-16-11/h1-5,8,15H,6-7H2. The Morgan fingerprint density at radius 3 is 2.84 bits per heavy atom. The summed E-state index contributed by atoms with van der Waals surface area (Å²) < 4.78 is 0.693. The largest absolute Gasteiger partial charge is 0.307 e. The summed E-state index contributed by atoms with van der Waals surface area (Å²) in [6.07, 6.45) is 3.13. The number of nitro groups is 1. The summed E-state index contributed by atoms with van der Waals surface area (Å²) in [6.45, 7) is 0.948. The van der Waals surface area contributed by atoms with E-state index in [-0.39, 0.29) is 10.6 Å². The van der Waals surface area contributed by atoms with Gasteiger partial charge in [-0.15, -0.1) is 0 Å². The molecule has 0 atom stereocenters. The summed E-state index contributed by atoms with van der Waals surface area (Å²) >= 11 is 3.23. The van der Waals surface area contributed by atoms with Crippen LogP contribution < -0.4 is 5.32 Å². The Kier molecular flexibility index (Phi) is 4.53. The Morgan fingerprint density at radius 2 is 2.16 bits per heavy atom. The van der Waals surface area contributed by atoms with Crippen molar-refractivity contribution in [1.82, 2.24) is 15.3 Å². The van der Waals surface area contributed by atoms with Crippen LogP contribution in [0.4, 0.5) is 5.69 Å². The van der Waals surface area contributed by atoms with Crippen LogP contribution in [0.3, 0.4) is 0 Å². The van der Waals surface area contributed by atoms with E-state index in [1.807, 2.05) is 0 Å². The van der Waals surface area contributed by atoms with E-state index in [1.165, 1.54) is 12.4 Å². The number of nitro benzene ring substituents is 1. The lowest BCUT2D eigenvalue weighted by molar-refractivity contribution is -0.385. The number of nitrogens with one attached hydrogen (secondary N) is 1. The molecule has 0 saturated carbocycles. The molecule has 7 heteroatoms. The van der Waals surface area contributed by atoms with Crippen LogP contribution in [0, 0.1) is 10.1 Å². The number of rotatable bonds is 5. The van der Waals surface area contributed by atoms with Crippen molar-refractivity contribution >= 4 is 21.6 Å². The molecule has 0 saturated heterocycles. The van der Waals surface area contributed by atoms with Crippen molar-refractivity contribution in [3.05, 3.63) is 62.6 Å². The first-order valence-corrected chi connectivity index (χ1v) is 6.34. The van der Waals surface area contributed by atoms with Crippen molar-refractivity contribution in [2.75, 3.05) is 0 Å². The van der Waals surface area contributed by atoms with E-state index in [9.17, 15) is 10.1 Å². The number of aromatic nitrogens is 2. The van der Waals surface area contributed by atoms with Crippen LogP contribution in [0.25, 0.3) is 0 Å². The van der Waals surface area contributed by atoms with Gasteiger partial charge < -0.3 is 5.32 Å². The highest BCUT2D eigenvalue weighted by molar-refractivity contribution is 9.10. The second-order valence-corrected chi connectivity index (χ2v) is 4.75. The maximum atomic E-state index is 10.9. The van der Waals surface area contributed by atoms with Gasteiger partial charge in [0.25, 0.3) is 5.69 Å². The highest BCUT2D eigenvalue weighted by Gasteiger charge is 2.13. The summed E-state index contributed by atoms with van der Waals surface area (Å²) in [4.78, 5) is 18.5. The number of benzene rings is 1. The smallest absolute Gasteiger partial charge is 0.275 e. The van der Waals surface area contributed by atoms with Gasteiger partial charge in [0.2, 0.25) is 0 Å². The minimum Gasteiger partial charge on any atom is -0.307 e. The number of hydrogen-bond donors (Lipinski definition) is 1. The van der Waals surface area contributed by atoms with E-state index in [4.69, 9.17) is 0 Å². The van der Waals surface area contributed by atoms with E-state index < -0.39 is 0 Å². The van der Waals surface area contributed by atoms with Crippen LogP contribution in [0.1, 0.15) is 11.3 Å². The lowest BCUT2D eigenvalue weighted by Crippen LogP contribution is -2.14. The van der Waals surface area contributed by atoms with Crippen LogP contribution in [0.15, 0.2) is 41.3 Å². The van der Waals surface area contributed by atoms with Crippen LogP contribution in [0.2, 0.25) is 0 Å². The van der Waals surface area contributed by atoms with Crippen LogP contribution in [-0.2, 0) is 13.1 Å². The van der Waals surface area contributed by atoms with Crippen LogP contribution >= 0.6 is 15.9 Å². The Balaban J connectivity index is 2.02. The highest BCUT2D eigenvalue weighted by atomic mass is 79.9. The molecule has 2 aromatic rings. The zero-order valence-corrected chi connectivity index (χ0v) is 11.5. The maximum absolute atomic E-state index is 10.9. The first kappa shape index (κ1) is 13.6. The molecular formula is C12H11BrN4O2. The molecule has 2 rings (SSSR count). The number of halogens is 1. The molecule has 6 nitrogen and oxygen atoms in total. The second kappa shape index (κ2) is 6.35. The van der Waals surface area contributed by atoms with Gasteiger partial charge in [-0.2, -0.15) is 0 Å². The molecule has 0 fully saturated rings. The molecule has 1 aromatic heterocycles. The average Bonchev–Trinajstić information content (AvgIpc) is 2.41. The van der Waals surface area contributed by atoms with Crippen LogP contribution in [-0.4, -0.2) is 14.9 Å². The predicted molar refractivity (Wildman–Crippen MR) is 73.4 cm³/mol. The zero-order valence-electron chi connectivity index (χ0n) is 9.91. The monoisotopic (exact) mass is 322 g/mol. The molecule has 0 aliphatic carbocycles. The van der Waals surface area contributed by atoms with Gasteiger partial charge in [0.15, 0.2) is 0 Å². The summed E-state index contributed by atoms with van der Waals surface area (Å²) in [5.74, 6) is 0. The first-order valence-electron chi connectivity index (χ1n) is 5.55. The Bertz CT molecular complexity index is 577. The maximum Gasteiger partial charge on any atom is 0.275 e. The molecular weight excluding hydrogens is 312 g/mol. The van der Waals surface area contributed by atoms with Gasteiger partial charge in [-0.25, -0.2) is 9.97 Å².